The van der Waals surface area contributed by atoms with Crippen molar-refractivity contribution in [1.29, 1.82) is 0 Å². The highest BCUT2D eigenvalue weighted by Crippen LogP contribution is 2.20. The molecule has 0 spiro atoms. The Bertz CT molecular complexity index is 628. The first-order valence-corrected chi connectivity index (χ1v) is 8.97. The van der Waals surface area contributed by atoms with Crippen LogP contribution in [-0.2, 0) is 0 Å². The van der Waals surface area contributed by atoms with Crippen molar-refractivity contribution in [2.75, 3.05) is 24.5 Å². The van der Waals surface area contributed by atoms with E-state index in [-0.39, 0.29) is 0 Å². The quantitative estimate of drug-likeness (QED) is 0.914. The number of aromatic nitrogens is 2. The lowest BCUT2D eigenvalue weighted by molar-refractivity contribution is 0.405. The zero-order valence-electron chi connectivity index (χ0n) is 15.0. The molecular formula is C20H28N4. The van der Waals surface area contributed by atoms with Crippen LogP contribution < -0.4 is 10.2 Å². The summed E-state index contributed by atoms with van der Waals surface area (Å²) in [6.45, 7) is 9.47. The molecule has 1 N–H and O–H groups in total. The van der Waals surface area contributed by atoms with Gasteiger partial charge in [0.1, 0.15) is 11.6 Å². The highest BCUT2D eigenvalue weighted by Gasteiger charge is 2.20. The van der Waals surface area contributed by atoms with Crippen molar-refractivity contribution in [2.45, 2.75) is 45.6 Å². The Kier molecular flexibility index (Phi) is 5.46. The van der Waals surface area contributed by atoms with Crippen molar-refractivity contribution < 1.29 is 0 Å². The molecule has 1 aromatic carbocycles. The minimum Gasteiger partial charge on any atom is -0.356 e. The lowest BCUT2D eigenvalue weighted by atomic mass is 9.99. The molecule has 4 heteroatoms. The molecule has 4 nitrogen and oxygen atoms in total. The third kappa shape index (κ3) is 4.32. The minimum atomic E-state index is 0.552. The standard InChI is InChI=1S/C20H28N4/c1-15(18-7-5-4-6-8-18)14-21-19-9-11-24(12-10-19)20-13-16(2)22-17(3)23-20/h4-8,13,15,19,21H,9-12,14H2,1-3H3. The van der Waals surface area contributed by atoms with Gasteiger partial charge in [-0.15, -0.1) is 0 Å². The predicted octanol–water partition coefficient (Wildman–Crippen LogP) is 3.46. The molecular weight excluding hydrogens is 296 g/mol. The second-order valence-electron chi connectivity index (χ2n) is 6.90. The fraction of sp³-hybridized carbons (Fsp3) is 0.500. The van der Waals surface area contributed by atoms with E-state index >= 15 is 0 Å². The number of hydrogen-bond acceptors (Lipinski definition) is 4. The lowest BCUT2D eigenvalue weighted by Crippen LogP contribution is -2.43. The van der Waals surface area contributed by atoms with E-state index in [4.69, 9.17) is 0 Å². The monoisotopic (exact) mass is 324 g/mol. The molecule has 2 heterocycles. The first-order chi connectivity index (χ1) is 11.6. The molecule has 1 fully saturated rings. The van der Waals surface area contributed by atoms with Gasteiger partial charge in [-0.1, -0.05) is 37.3 Å². The largest absolute Gasteiger partial charge is 0.356 e. The van der Waals surface area contributed by atoms with Crippen molar-refractivity contribution in [3.8, 4) is 0 Å². The summed E-state index contributed by atoms with van der Waals surface area (Å²) in [5.74, 6) is 2.49. The number of nitrogens with one attached hydrogen (secondary N) is 1. The maximum Gasteiger partial charge on any atom is 0.132 e. The van der Waals surface area contributed by atoms with Gasteiger partial charge in [-0.25, -0.2) is 9.97 Å². The maximum absolute atomic E-state index is 4.59. The minimum absolute atomic E-state index is 0.552. The molecule has 2 aromatic rings. The fourth-order valence-corrected chi connectivity index (χ4v) is 3.41. The Morgan fingerprint density at radius 3 is 2.50 bits per heavy atom. The summed E-state index contributed by atoms with van der Waals surface area (Å²) < 4.78 is 0. The van der Waals surface area contributed by atoms with E-state index in [1.807, 2.05) is 13.8 Å². The molecule has 24 heavy (non-hydrogen) atoms. The van der Waals surface area contributed by atoms with Crippen LogP contribution in [0.4, 0.5) is 5.82 Å². The molecule has 0 aliphatic carbocycles. The molecule has 3 rings (SSSR count). The van der Waals surface area contributed by atoms with E-state index in [1.165, 1.54) is 18.4 Å². The number of aryl methyl sites for hydroxylation is 2. The van der Waals surface area contributed by atoms with Crippen LogP contribution in [0.25, 0.3) is 0 Å². The maximum atomic E-state index is 4.59. The van der Waals surface area contributed by atoms with E-state index < -0.39 is 0 Å². The van der Waals surface area contributed by atoms with Gasteiger partial charge in [-0.05, 0) is 38.2 Å². The smallest absolute Gasteiger partial charge is 0.132 e. The van der Waals surface area contributed by atoms with Gasteiger partial charge in [0.05, 0.1) is 0 Å². The summed E-state index contributed by atoms with van der Waals surface area (Å²) in [5, 5.41) is 3.76. The van der Waals surface area contributed by atoms with Crippen LogP contribution in [0.2, 0.25) is 0 Å². The van der Waals surface area contributed by atoms with Gasteiger partial charge in [0.2, 0.25) is 0 Å². The van der Waals surface area contributed by atoms with Crippen LogP contribution in [-0.4, -0.2) is 35.6 Å². The van der Waals surface area contributed by atoms with Crippen LogP contribution in [0.15, 0.2) is 36.4 Å². The van der Waals surface area contributed by atoms with Gasteiger partial charge >= 0.3 is 0 Å². The molecule has 0 amide bonds. The summed E-state index contributed by atoms with van der Waals surface area (Å²) in [6, 6.07) is 13.5. The highest BCUT2D eigenvalue weighted by molar-refractivity contribution is 5.40. The summed E-state index contributed by atoms with van der Waals surface area (Å²) in [4.78, 5) is 11.4. The molecule has 1 aliphatic heterocycles. The molecule has 1 atom stereocenters. The average Bonchev–Trinajstić information content (AvgIpc) is 2.60. The highest BCUT2D eigenvalue weighted by atomic mass is 15.2. The molecule has 128 valence electrons. The number of anilines is 1. The van der Waals surface area contributed by atoms with Crippen LogP contribution >= 0.6 is 0 Å². The summed E-state index contributed by atoms with van der Waals surface area (Å²) in [5.41, 5.74) is 2.46. The van der Waals surface area contributed by atoms with Crippen LogP contribution in [0, 0.1) is 13.8 Å². The van der Waals surface area contributed by atoms with Crippen molar-refractivity contribution in [3.63, 3.8) is 0 Å². The van der Waals surface area contributed by atoms with Crippen molar-refractivity contribution in [2.24, 2.45) is 0 Å². The van der Waals surface area contributed by atoms with E-state index in [0.29, 0.717) is 12.0 Å². The number of hydrogen-bond donors (Lipinski definition) is 1. The first-order valence-electron chi connectivity index (χ1n) is 8.97. The lowest BCUT2D eigenvalue weighted by Gasteiger charge is -2.34. The van der Waals surface area contributed by atoms with E-state index in [1.54, 1.807) is 0 Å². The number of piperidine rings is 1. The molecule has 1 saturated heterocycles. The van der Waals surface area contributed by atoms with E-state index in [9.17, 15) is 0 Å². The Balaban J connectivity index is 1.48. The van der Waals surface area contributed by atoms with Crippen LogP contribution in [0.5, 0.6) is 0 Å². The zero-order valence-corrected chi connectivity index (χ0v) is 15.0. The van der Waals surface area contributed by atoms with Gasteiger partial charge in [0.15, 0.2) is 0 Å². The van der Waals surface area contributed by atoms with Crippen LogP contribution in [0.1, 0.15) is 42.8 Å². The Morgan fingerprint density at radius 1 is 1.12 bits per heavy atom. The van der Waals surface area contributed by atoms with Crippen LogP contribution in [0.3, 0.4) is 0 Å². The van der Waals surface area contributed by atoms with Crippen molar-refractivity contribution >= 4 is 5.82 Å². The first kappa shape index (κ1) is 16.9. The Labute approximate surface area is 145 Å². The average molecular weight is 324 g/mol. The van der Waals surface area contributed by atoms with Gasteiger partial charge in [-0.2, -0.15) is 0 Å². The summed E-state index contributed by atoms with van der Waals surface area (Å²) >= 11 is 0. The zero-order chi connectivity index (χ0) is 16.9. The van der Waals surface area contributed by atoms with Crippen molar-refractivity contribution in [1.82, 2.24) is 15.3 Å². The summed E-state index contributed by atoms with van der Waals surface area (Å²) in [7, 11) is 0. The number of benzene rings is 1. The molecule has 1 aromatic heterocycles. The molecule has 0 bridgehead atoms. The molecule has 0 radical (unpaired) electrons. The van der Waals surface area contributed by atoms with Gasteiger partial charge < -0.3 is 10.2 Å². The third-order valence-electron chi connectivity index (χ3n) is 4.85. The normalized spacial score (nSPS) is 17.0. The summed E-state index contributed by atoms with van der Waals surface area (Å²) in [6.07, 6.45) is 2.34. The van der Waals surface area contributed by atoms with Gasteiger partial charge in [-0.3, -0.25) is 0 Å². The molecule has 1 aliphatic rings. The SMILES string of the molecule is Cc1cc(N2CCC(NCC(C)c3ccccc3)CC2)nc(C)n1. The van der Waals surface area contributed by atoms with Gasteiger partial charge in [0.25, 0.3) is 0 Å². The van der Waals surface area contributed by atoms with Gasteiger partial charge in [0, 0.05) is 37.4 Å². The number of rotatable bonds is 5. The van der Waals surface area contributed by atoms with E-state index in [0.717, 1.165) is 37.0 Å². The molecule has 0 saturated carbocycles. The second kappa shape index (κ2) is 7.75. The fourth-order valence-electron chi connectivity index (χ4n) is 3.41. The number of nitrogens with zero attached hydrogens (tertiary/aromatic N) is 3. The third-order valence-corrected chi connectivity index (χ3v) is 4.85. The van der Waals surface area contributed by atoms with Crippen molar-refractivity contribution in [3.05, 3.63) is 53.5 Å². The predicted molar refractivity (Wildman–Crippen MR) is 99.6 cm³/mol. The second-order valence-corrected chi connectivity index (χ2v) is 6.90. The molecule has 1 unspecified atom stereocenters. The van der Waals surface area contributed by atoms with E-state index in [2.05, 4.69) is 63.5 Å². The topological polar surface area (TPSA) is 41.0 Å². The Hall–Kier alpha value is -1.94. The Morgan fingerprint density at radius 2 is 1.83 bits per heavy atom.